The third kappa shape index (κ3) is 5.61. The summed E-state index contributed by atoms with van der Waals surface area (Å²) in [4.78, 5) is 9.18. The number of nitrogens with zero attached hydrogens (tertiary/aromatic N) is 5. The van der Waals surface area contributed by atoms with E-state index in [1.54, 1.807) is 6.92 Å². The van der Waals surface area contributed by atoms with E-state index >= 15 is 0 Å². The maximum atomic E-state index is 8.83. The quantitative estimate of drug-likeness (QED) is 0.308. The third-order valence-electron chi connectivity index (χ3n) is 4.38. The minimum Gasteiger partial charge on any atom is -0.394 e. The van der Waals surface area contributed by atoms with E-state index in [0.29, 0.717) is 40.5 Å². The summed E-state index contributed by atoms with van der Waals surface area (Å²) in [5.74, 6) is 0. The summed E-state index contributed by atoms with van der Waals surface area (Å²) >= 11 is 1.19. The van der Waals surface area contributed by atoms with Crippen molar-refractivity contribution in [3.8, 4) is 0 Å². The van der Waals surface area contributed by atoms with Crippen LogP contribution in [0.5, 0.6) is 0 Å². The normalized spacial score (nSPS) is 11.0. The molecule has 0 aliphatic rings. The first-order valence-electron chi connectivity index (χ1n) is 9.28. The molecule has 0 aliphatic heterocycles. The van der Waals surface area contributed by atoms with Gasteiger partial charge in [-0.15, -0.1) is 11.3 Å². The lowest BCUT2D eigenvalue weighted by Crippen LogP contribution is -2.34. The van der Waals surface area contributed by atoms with Gasteiger partial charge in [0.1, 0.15) is 5.00 Å². The first kappa shape index (κ1) is 22.5. The Bertz CT molecular complexity index is 953. The van der Waals surface area contributed by atoms with E-state index in [0.717, 1.165) is 23.5 Å². The largest absolute Gasteiger partial charge is 0.394 e. The molecule has 1 aromatic heterocycles. The Hall–Kier alpha value is -2.78. The molecule has 0 radical (unpaired) electrons. The van der Waals surface area contributed by atoms with E-state index < -0.39 is 0 Å². The molecule has 0 spiro atoms. The number of thiophene rings is 1. The number of aliphatic hydroxyl groups is 1. The van der Waals surface area contributed by atoms with E-state index in [9.17, 15) is 0 Å². The van der Waals surface area contributed by atoms with Gasteiger partial charge in [-0.25, -0.2) is 9.69 Å². The van der Waals surface area contributed by atoms with Crippen molar-refractivity contribution >= 4 is 38.4 Å². The fourth-order valence-electron chi connectivity index (χ4n) is 2.83. The highest BCUT2D eigenvalue weighted by Crippen LogP contribution is 2.47. The summed E-state index contributed by atoms with van der Waals surface area (Å²) in [6.07, 6.45) is 0. The standard InChI is InChI=1S/C21H25N5O2S/c1-14(2)26(9-11-28-12-10-27)17-7-8-18(15(3)13-17)24-25-21-19(22-5)16(4)20(23-6)29-21/h7-8,13-14,27H,9-12H2,1-4H3. The Morgan fingerprint density at radius 2 is 1.93 bits per heavy atom. The molecule has 0 fully saturated rings. The summed E-state index contributed by atoms with van der Waals surface area (Å²) in [5.41, 5.74) is 3.81. The highest BCUT2D eigenvalue weighted by Gasteiger charge is 2.15. The molecule has 0 unspecified atom stereocenters. The van der Waals surface area contributed by atoms with Crippen molar-refractivity contribution in [2.75, 3.05) is 31.3 Å². The Balaban J connectivity index is 2.22. The lowest BCUT2D eigenvalue weighted by molar-refractivity contribution is 0.0961. The molecule has 8 heteroatoms. The zero-order valence-electron chi connectivity index (χ0n) is 17.1. The van der Waals surface area contributed by atoms with Crippen LogP contribution in [0.3, 0.4) is 0 Å². The van der Waals surface area contributed by atoms with Gasteiger partial charge in [0.2, 0.25) is 10.7 Å². The maximum Gasteiger partial charge on any atom is 0.234 e. The first-order valence-corrected chi connectivity index (χ1v) is 10.1. The molecule has 2 aromatic rings. The van der Waals surface area contributed by atoms with Crippen molar-refractivity contribution in [1.82, 2.24) is 0 Å². The highest BCUT2D eigenvalue weighted by molar-refractivity contribution is 7.20. The second-order valence-electron chi connectivity index (χ2n) is 6.70. The molecule has 1 heterocycles. The Kier molecular flexibility index (Phi) is 8.29. The van der Waals surface area contributed by atoms with Gasteiger partial charge >= 0.3 is 0 Å². The van der Waals surface area contributed by atoms with Crippen molar-refractivity contribution in [2.24, 2.45) is 10.2 Å². The van der Waals surface area contributed by atoms with Crippen molar-refractivity contribution < 1.29 is 9.84 Å². The van der Waals surface area contributed by atoms with Gasteiger partial charge < -0.3 is 14.7 Å². The number of azo groups is 1. The van der Waals surface area contributed by atoms with Gasteiger partial charge in [-0.1, -0.05) is 6.92 Å². The Morgan fingerprint density at radius 1 is 1.17 bits per heavy atom. The molecular formula is C21H25N5O2S. The molecule has 7 nitrogen and oxygen atoms in total. The SMILES string of the molecule is [C-]#[N+]c1sc(N=Nc2ccc(N(CCOCCO)C(C)C)cc2C)c([N+]#[C-])c1C. The number of aryl methyl sites for hydroxylation is 1. The zero-order chi connectivity index (χ0) is 21.4. The Morgan fingerprint density at radius 3 is 2.52 bits per heavy atom. The van der Waals surface area contributed by atoms with Crippen LogP contribution in [0.1, 0.15) is 25.0 Å². The number of hydrogen-bond acceptors (Lipinski definition) is 6. The molecule has 0 atom stereocenters. The molecular weight excluding hydrogens is 386 g/mol. The first-order chi connectivity index (χ1) is 13.9. The van der Waals surface area contributed by atoms with Gasteiger partial charge in [-0.05, 0) is 50.1 Å². The Labute approximate surface area is 175 Å². The summed E-state index contributed by atoms with van der Waals surface area (Å²) in [6, 6.07) is 6.25. The predicted molar refractivity (Wildman–Crippen MR) is 117 cm³/mol. The number of ether oxygens (including phenoxy) is 1. The molecule has 2 rings (SSSR count). The van der Waals surface area contributed by atoms with Crippen LogP contribution in [0, 0.1) is 27.0 Å². The highest BCUT2D eigenvalue weighted by atomic mass is 32.1. The van der Waals surface area contributed by atoms with Crippen molar-refractivity contribution in [1.29, 1.82) is 0 Å². The van der Waals surface area contributed by atoms with Crippen molar-refractivity contribution in [3.63, 3.8) is 0 Å². The molecule has 29 heavy (non-hydrogen) atoms. The van der Waals surface area contributed by atoms with Gasteiger partial charge in [0, 0.05) is 18.3 Å². The number of anilines is 1. The van der Waals surface area contributed by atoms with E-state index in [4.69, 9.17) is 23.0 Å². The minimum atomic E-state index is 0.0246. The topological polar surface area (TPSA) is 66.1 Å². The summed E-state index contributed by atoms with van der Waals surface area (Å²) in [7, 11) is 0. The van der Waals surface area contributed by atoms with Crippen LogP contribution in [0.15, 0.2) is 28.4 Å². The number of aliphatic hydroxyl groups excluding tert-OH is 1. The van der Waals surface area contributed by atoms with Crippen LogP contribution in [0.25, 0.3) is 9.69 Å². The fourth-order valence-corrected chi connectivity index (χ4v) is 3.68. The van der Waals surface area contributed by atoms with Gasteiger partial charge in [0.05, 0.1) is 38.7 Å². The van der Waals surface area contributed by atoms with E-state index in [-0.39, 0.29) is 6.61 Å². The maximum absolute atomic E-state index is 8.83. The van der Waals surface area contributed by atoms with E-state index in [1.165, 1.54) is 11.3 Å². The van der Waals surface area contributed by atoms with E-state index in [2.05, 4.69) is 44.7 Å². The number of rotatable bonds is 9. The summed E-state index contributed by atoms with van der Waals surface area (Å²) < 4.78 is 5.40. The van der Waals surface area contributed by atoms with E-state index in [1.807, 2.05) is 19.1 Å². The average molecular weight is 412 g/mol. The van der Waals surface area contributed by atoms with Crippen LogP contribution >= 0.6 is 11.3 Å². The molecule has 0 amide bonds. The van der Waals surface area contributed by atoms with Crippen LogP contribution in [0.4, 0.5) is 27.1 Å². The fraction of sp³-hybridized carbons (Fsp3) is 0.429. The number of benzene rings is 1. The molecule has 1 N–H and O–H groups in total. The number of hydrogen-bond donors (Lipinski definition) is 1. The van der Waals surface area contributed by atoms with Crippen LogP contribution in [-0.2, 0) is 4.74 Å². The molecule has 1 aromatic carbocycles. The van der Waals surface area contributed by atoms with Gasteiger partial charge in [0.25, 0.3) is 0 Å². The molecule has 0 saturated carbocycles. The molecule has 0 saturated heterocycles. The minimum absolute atomic E-state index is 0.0246. The van der Waals surface area contributed by atoms with Crippen LogP contribution in [0.2, 0.25) is 0 Å². The van der Waals surface area contributed by atoms with Crippen LogP contribution < -0.4 is 4.90 Å². The predicted octanol–water partition coefficient (Wildman–Crippen LogP) is 6.11. The lowest BCUT2D eigenvalue weighted by atomic mass is 10.1. The molecule has 152 valence electrons. The van der Waals surface area contributed by atoms with Crippen molar-refractivity contribution in [2.45, 2.75) is 33.7 Å². The molecule has 0 aliphatic carbocycles. The monoisotopic (exact) mass is 411 g/mol. The molecule has 0 bridgehead atoms. The van der Waals surface area contributed by atoms with Crippen molar-refractivity contribution in [3.05, 3.63) is 52.2 Å². The van der Waals surface area contributed by atoms with Gasteiger partial charge in [0.15, 0.2) is 0 Å². The lowest BCUT2D eigenvalue weighted by Gasteiger charge is -2.29. The smallest absolute Gasteiger partial charge is 0.234 e. The van der Waals surface area contributed by atoms with Crippen LogP contribution in [-0.4, -0.2) is 37.5 Å². The van der Waals surface area contributed by atoms with Gasteiger partial charge in [-0.2, -0.15) is 10.2 Å². The zero-order valence-corrected chi connectivity index (χ0v) is 18.0. The van der Waals surface area contributed by atoms with Gasteiger partial charge in [-0.3, -0.25) is 0 Å². The summed E-state index contributed by atoms with van der Waals surface area (Å²) in [5, 5.41) is 18.4. The second kappa shape index (κ2) is 10.7. The average Bonchev–Trinajstić information content (AvgIpc) is 3.01. The summed E-state index contributed by atoms with van der Waals surface area (Å²) in [6.45, 7) is 24.1. The third-order valence-corrected chi connectivity index (χ3v) is 5.44. The second-order valence-corrected chi connectivity index (χ2v) is 7.68.